The van der Waals surface area contributed by atoms with E-state index >= 15 is 0 Å². The minimum Gasteiger partial charge on any atom is -0.495 e. The molecule has 5 heterocycles. The molecule has 4 fully saturated rings. The molecule has 10 nitrogen and oxygen atoms in total. The van der Waals surface area contributed by atoms with Crippen LogP contribution in [-0.2, 0) is 11.3 Å². The molecule has 0 spiro atoms. The standard InChI is InChI=1S/C23H31N7O3/c1-33-21-5-3-2-4-20(21)27-8-10-28(11-9-27)23(32)18-14-29-7-6-16(18)12-17(29)13-30-15-19(22(24)31)25-26-30/h2-5,15-18H,6-14H2,1H3,(H2,24,31)/p+1/t16-,17+,18-/m0/s1. The summed E-state index contributed by atoms with van der Waals surface area (Å²) >= 11 is 0. The number of amides is 2. The average molecular weight is 455 g/mol. The predicted molar refractivity (Wildman–Crippen MR) is 121 cm³/mol. The van der Waals surface area contributed by atoms with Gasteiger partial charge in [0.05, 0.1) is 44.5 Å². The Balaban J connectivity index is 1.18. The number of fused-ring (bicyclic) bond motifs is 3. The number of anilines is 1. The van der Waals surface area contributed by atoms with Gasteiger partial charge in [-0.1, -0.05) is 17.3 Å². The fourth-order valence-electron chi connectivity index (χ4n) is 5.82. The fourth-order valence-corrected chi connectivity index (χ4v) is 5.82. The van der Waals surface area contributed by atoms with Gasteiger partial charge in [-0.2, -0.15) is 0 Å². The lowest BCUT2D eigenvalue weighted by molar-refractivity contribution is -0.945. The van der Waals surface area contributed by atoms with Gasteiger partial charge in [0, 0.05) is 39.0 Å². The van der Waals surface area contributed by atoms with Crippen molar-refractivity contribution in [2.24, 2.45) is 17.6 Å². The number of aromatic nitrogens is 3. The Morgan fingerprint density at radius 2 is 2.00 bits per heavy atom. The van der Waals surface area contributed by atoms with Crippen molar-refractivity contribution in [3.8, 4) is 5.75 Å². The van der Waals surface area contributed by atoms with Gasteiger partial charge in [-0.15, -0.1) is 5.10 Å². The van der Waals surface area contributed by atoms with Crippen LogP contribution in [0.1, 0.15) is 23.3 Å². The highest BCUT2D eigenvalue weighted by Crippen LogP contribution is 2.31. The number of methoxy groups -OCH3 is 1. The van der Waals surface area contributed by atoms with E-state index in [1.165, 1.54) is 4.90 Å². The smallest absolute Gasteiger partial charge is 0.270 e. The summed E-state index contributed by atoms with van der Waals surface area (Å²) in [6.07, 6.45) is 3.71. The summed E-state index contributed by atoms with van der Waals surface area (Å²) in [5.74, 6) is 1.13. The van der Waals surface area contributed by atoms with Crippen LogP contribution in [0.3, 0.4) is 0 Å². The number of nitrogens with one attached hydrogen (secondary N) is 1. The predicted octanol–water partition coefficient (Wildman–Crippen LogP) is -0.972. The zero-order valence-electron chi connectivity index (χ0n) is 19.0. The highest BCUT2D eigenvalue weighted by atomic mass is 16.5. The minimum absolute atomic E-state index is 0.0970. The lowest BCUT2D eigenvalue weighted by Gasteiger charge is -2.47. The number of piperidine rings is 3. The number of ether oxygens (including phenoxy) is 1. The Morgan fingerprint density at radius 3 is 2.67 bits per heavy atom. The number of carbonyl (C=O) groups is 2. The summed E-state index contributed by atoms with van der Waals surface area (Å²) in [5.41, 5.74) is 6.58. The average Bonchev–Trinajstić information content (AvgIpc) is 3.33. The van der Waals surface area contributed by atoms with E-state index in [-0.39, 0.29) is 11.6 Å². The number of nitrogens with two attached hydrogens (primary N) is 1. The maximum absolute atomic E-state index is 13.4. The Labute approximate surface area is 193 Å². The third kappa shape index (κ3) is 4.27. The van der Waals surface area contributed by atoms with Crippen molar-refractivity contribution in [1.29, 1.82) is 0 Å². The third-order valence-corrected chi connectivity index (χ3v) is 7.58. The molecule has 6 rings (SSSR count). The number of carbonyl (C=O) groups excluding carboxylic acids is 2. The van der Waals surface area contributed by atoms with Gasteiger partial charge in [0.15, 0.2) is 5.69 Å². The molecule has 0 radical (unpaired) electrons. The van der Waals surface area contributed by atoms with Crippen molar-refractivity contribution in [2.75, 3.05) is 51.3 Å². The molecule has 1 aromatic heterocycles. The molecule has 2 aromatic rings. The number of primary amides is 1. The molecule has 0 saturated carbocycles. The first-order valence-electron chi connectivity index (χ1n) is 11.7. The summed E-state index contributed by atoms with van der Waals surface area (Å²) < 4.78 is 7.22. The maximum Gasteiger partial charge on any atom is 0.270 e. The van der Waals surface area contributed by atoms with Crippen LogP contribution >= 0.6 is 0 Å². The summed E-state index contributed by atoms with van der Waals surface area (Å²) in [6.45, 7) is 5.77. The quantitative estimate of drug-likeness (QED) is 0.581. The Kier molecular flexibility index (Phi) is 5.92. The van der Waals surface area contributed by atoms with E-state index in [1.807, 2.05) is 18.2 Å². The van der Waals surface area contributed by atoms with Gasteiger partial charge in [-0.25, -0.2) is 4.68 Å². The van der Waals surface area contributed by atoms with Gasteiger partial charge in [0.2, 0.25) is 5.91 Å². The molecule has 1 unspecified atom stereocenters. The van der Waals surface area contributed by atoms with E-state index in [0.29, 0.717) is 24.4 Å². The SMILES string of the molecule is COc1ccccc1N1CCN(C(=O)[C@H]2C[NH+]3CC[C@H]2C[C@@H]3Cn2cc(C(N)=O)nn2)CC1. The zero-order valence-corrected chi connectivity index (χ0v) is 19.0. The number of para-hydroxylation sites is 2. The van der Waals surface area contributed by atoms with Crippen LogP contribution in [0.4, 0.5) is 5.69 Å². The van der Waals surface area contributed by atoms with Crippen molar-refractivity contribution in [1.82, 2.24) is 19.9 Å². The fraction of sp³-hybridized carbons (Fsp3) is 0.565. The van der Waals surface area contributed by atoms with E-state index in [0.717, 1.165) is 63.5 Å². The molecule has 2 bridgehead atoms. The van der Waals surface area contributed by atoms with Crippen molar-refractivity contribution in [3.05, 3.63) is 36.2 Å². The lowest BCUT2D eigenvalue weighted by atomic mass is 9.75. The van der Waals surface area contributed by atoms with Crippen molar-refractivity contribution < 1.29 is 19.2 Å². The Morgan fingerprint density at radius 1 is 1.21 bits per heavy atom. The normalized spacial score (nSPS) is 26.9. The first kappa shape index (κ1) is 21.7. The van der Waals surface area contributed by atoms with E-state index < -0.39 is 5.91 Å². The molecule has 4 atom stereocenters. The second kappa shape index (κ2) is 9.01. The largest absolute Gasteiger partial charge is 0.495 e. The molecule has 4 aliphatic heterocycles. The minimum atomic E-state index is -0.560. The molecule has 2 amide bonds. The molecular formula is C23H32N7O3+. The van der Waals surface area contributed by atoms with Gasteiger partial charge >= 0.3 is 0 Å². The number of hydrogen-bond donors (Lipinski definition) is 2. The summed E-state index contributed by atoms with van der Waals surface area (Å²) in [5, 5.41) is 7.89. The molecular weight excluding hydrogens is 422 g/mol. The van der Waals surface area contributed by atoms with Crippen LogP contribution in [0.25, 0.3) is 0 Å². The van der Waals surface area contributed by atoms with Crippen LogP contribution < -0.4 is 20.3 Å². The molecule has 33 heavy (non-hydrogen) atoms. The number of quaternary nitrogens is 1. The van der Waals surface area contributed by atoms with Crippen molar-refractivity contribution in [3.63, 3.8) is 0 Å². The van der Waals surface area contributed by atoms with Crippen LogP contribution in [-0.4, -0.2) is 84.1 Å². The van der Waals surface area contributed by atoms with Gasteiger partial charge in [-0.3, -0.25) is 9.59 Å². The summed E-state index contributed by atoms with van der Waals surface area (Å²) in [7, 11) is 1.70. The second-order valence-corrected chi connectivity index (χ2v) is 9.37. The highest BCUT2D eigenvalue weighted by molar-refractivity contribution is 5.90. The third-order valence-electron chi connectivity index (χ3n) is 7.58. The topological polar surface area (TPSA) is 111 Å². The van der Waals surface area contributed by atoms with E-state index in [4.69, 9.17) is 10.5 Å². The molecule has 3 N–H and O–H groups in total. The number of hydrogen-bond acceptors (Lipinski definition) is 6. The highest BCUT2D eigenvalue weighted by Gasteiger charge is 2.48. The monoisotopic (exact) mass is 454 g/mol. The van der Waals surface area contributed by atoms with Gasteiger partial charge < -0.3 is 25.2 Å². The van der Waals surface area contributed by atoms with E-state index in [1.54, 1.807) is 18.0 Å². The first-order chi connectivity index (χ1) is 16.0. The second-order valence-electron chi connectivity index (χ2n) is 9.37. The maximum atomic E-state index is 13.4. The Bertz CT molecular complexity index is 1020. The molecule has 4 aliphatic rings. The van der Waals surface area contributed by atoms with E-state index in [9.17, 15) is 9.59 Å². The molecule has 4 saturated heterocycles. The van der Waals surface area contributed by atoms with Crippen LogP contribution in [0, 0.1) is 11.8 Å². The van der Waals surface area contributed by atoms with E-state index in [2.05, 4.69) is 26.2 Å². The van der Waals surface area contributed by atoms with Crippen molar-refractivity contribution in [2.45, 2.75) is 25.4 Å². The molecule has 176 valence electrons. The lowest BCUT2D eigenvalue weighted by Crippen LogP contribution is -3.20. The summed E-state index contributed by atoms with van der Waals surface area (Å²) in [6, 6.07) is 8.44. The van der Waals surface area contributed by atoms with Crippen LogP contribution in [0.5, 0.6) is 5.75 Å². The number of nitrogens with zero attached hydrogens (tertiary/aromatic N) is 5. The summed E-state index contributed by atoms with van der Waals surface area (Å²) in [4.78, 5) is 30.5. The molecule has 0 aliphatic carbocycles. The number of benzene rings is 1. The number of piperazine rings is 1. The van der Waals surface area contributed by atoms with Crippen molar-refractivity contribution >= 4 is 17.5 Å². The Hall–Kier alpha value is -3.14. The number of rotatable bonds is 6. The van der Waals surface area contributed by atoms with Gasteiger partial charge in [0.25, 0.3) is 5.91 Å². The van der Waals surface area contributed by atoms with Crippen LogP contribution in [0.2, 0.25) is 0 Å². The first-order valence-corrected chi connectivity index (χ1v) is 11.7. The van der Waals surface area contributed by atoms with Gasteiger partial charge in [0.1, 0.15) is 11.8 Å². The zero-order chi connectivity index (χ0) is 22.9. The van der Waals surface area contributed by atoms with Crippen LogP contribution in [0.15, 0.2) is 30.5 Å². The molecule has 10 heteroatoms. The van der Waals surface area contributed by atoms with Gasteiger partial charge in [-0.05, 0) is 18.1 Å². The molecule has 1 aromatic carbocycles.